The number of benzene rings is 1. The molecule has 4 heteroatoms. The van der Waals surface area contributed by atoms with E-state index < -0.39 is 0 Å². The Labute approximate surface area is 117 Å². The van der Waals surface area contributed by atoms with Gasteiger partial charge in [-0.2, -0.15) is 11.3 Å². The van der Waals surface area contributed by atoms with Crippen molar-refractivity contribution in [3.63, 3.8) is 0 Å². The van der Waals surface area contributed by atoms with E-state index in [-0.39, 0.29) is 5.91 Å². The van der Waals surface area contributed by atoms with Crippen molar-refractivity contribution in [2.75, 3.05) is 12.3 Å². The number of aryl methyl sites for hydroxylation is 1. The molecule has 1 aromatic heterocycles. The van der Waals surface area contributed by atoms with Crippen molar-refractivity contribution in [1.29, 1.82) is 0 Å². The third-order valence-electron chi connectivity index (χ3n) is 3.11. The molecule has 1 aromatic carbocycles. The van der Waals surface area contributed by atoms with Gasteiger partial charge >= 0.3 is 0 Å². The molecule has 1 amide bonds. The summed E-state index contributed by atoms with van der Waals surface area (Å²) in [6, 6.07) is 7.66. The molecular weight excluding hydrogens is 256 g/mol. The van der Waals surface area contributed by atoms with Crippen LogP contribution in [0.4, 0.5) is 5.69 Å². The van der Waals surface area contributed by atoms with Crippen LogP contribution in [0.1, 0.15) is 28.4 Å². The lowest BCUT2D eigenvalue weighted by Crippen LogP contribution is -2.30. The van der Waals surface area contributed by atoms with Crippen molar-refractivity contribution in [1.82, 2.24) is 4.90 Å². The van der Waals surface area contributed by atoms with Crippen LogP contribution in [0.15, 0.2) is 35.0 Å². The lowest BCUT2D eigenvalue weighted by molar-refractivity contribution is 0.0752. The van der Waals surface area contributed by atoms with E-state index in [1.807, 2.05) is 53.8 Å². The number of hydrogen-bond donors (Lipinski definition) is 1. The first-order valence-electron chi connectivity index (χ1n) is 6.28. The molecule has 0 unspecified atom stereocenters. The molecule has 0 fully saturated rings. The number of anilines is 1. The first-order valence-corrected chi connectivity index (χ1v) is 7.22. The summed E-state index contributed by atoms with van der Waals surface area (Å²) in [5, 5.41) is 3.92. The summed E-state index contributed by atoms with van der Waals surface area (Å²) >= 11 is 1.57. The fraction of sp³-hybridized carbons (Fsp3) is 0.267. The van der Waals surface area contributed by atoms with Gasteiger partial charge in [0, 0.05) is 24.2 Å². The molecule has 0 aliphatic rings. The van der Waals surface area contributed by atoms with E-state index in [2.05, 4.69) is 0 Å². The number of nitrogens with two attached hydrogens (primary N) is 1. The highest BCUT2D eigenvalue weighted by molar-refractivity contribution is 7.08. The van der Waals surface area contributed by atoms with Crippen molar-refractivity contribution < 1.29 is 4.79 Å². The molecular formula is C15H18N2OS. The van der Waals surface area contributed by atoms with Crippen LogP contribution >= 0.6 is 11.3 Å². The van der Waals surface area contributed by atoms with Crippen LogP contribution in [-0.4, -0.2) is 17.4 Å². The number of rotatable bonds is 4. The maximum Gasteiger partial charge on any atom is 0.255 e. The van der Waals surface area contributed by atoms with E-state index in [0.717, 1.165) is 22.4 Å². The average molecular weight is 274 g/mol. The molecule has 0 bridgehead atoms. The van der Waals surface area contributed by atoms with Gasteiger partial charge in [0.15, 0.2) is 0 Å². The van der Waals surface area contributed by atoms with Crippen LogP contribution in [0.2, 0.25) is 0 Å². The standard InChI is InChI=1S/C15H18N2OS/c1-3-17(8-12-4-6-13(16)7-5-12)15(18)14-10-19-9-11(14)2/h4-7,9-10H,3,8,16H2,1-2H3. The summed E-state index contributed by atoms with van der Waals surface area (Å²) in [5.74, 6) is 0.0954. The molecule has 0 aliphatic heterocycles. The first-order chi connectivity index (χ1) is 9.11. The van der Waals surface area contributed by atoms with Crippen molar-refractivity contribution in [2.24, 2.45) is 0 Å². The van der Waals surface area contributed by atoms with E-state index in [0.29, 0.717) is 13.1 Å². The highest BCUT2D eigenvalue weighted by atomic mass is 32.1. The number of thiophene rings is 1. The summed E-state index contributed by atoms with van der Waals surface area (Å²) < 4.78 is 0. The molecule has 0 saturated carbocycles. The van der Waals surface area contributed by atoms with E-state index in [9.17, 15) is 4.79 Å². The van der Waals surface area contributed by atoms with Gasteiger partial charge in [0.05, 0.1) is 5.56 Å². The van der Waals surface area contributed by atoms with Gasteiger partial charge in [-0.3, -0.25) is 4.79 Å². The van der Waals surface area contributed by atoms with Crippen LogP contribution in [0.3, 0.4) is 0 Å². The fourth-order valence-corrected chi connectivity index (χ4v) is 2.74. The number of carbonyl (C=O) groups is 1. The monoisotopic (exact) mass is 274 g/mol. The zero-order valence-corrected chi connectivity index (χ0v) is 12.0. The van der Waals surface area contributed by atoms with Crippen LogP contribution in [-0.2, 0) is 6.54 Å². The van der Waals surface area contributed by atoms with Crippen LogP contribution < -0.4 is 5.73 Å². The van der Waals surface area contributed by atoms with Gasteiger partial charge in [-0.1, -0.05) is 12.1 Å². The second kappa shape index (κ2) is 5.89. The molecule has 2 rings (SSSR count). The average Bonchev–Trinajstić information content (AvgIpc) is 2.83. The minimum Gasteiger partial charge on any atom is -0.399 e. The minimum absolute atomic E-state index is 0.0954. The van der Waals surface area contributed by atoms with Crippen LogP contribution in [0.5, 0.6) is 0 Å². The molecule has 0 atom stereocenters. The Bertz CT molecular complexity index is 560. The largest absolute Gasteiger partial charge is 0.399 e. The topological polar surface area (TPSA) is 46.3 Å². The molecule has 0 spiro atoms. The van der Waals surface area contributed by atoms with E-state index >= 15 is 0 Å². The Hall–Kier alpha value is -1.81. The number of amides is 1. The van der Waals surface area contributed by atoms with Gasteiger partial charge in [-0.15, -0.1) is 0 Å². The minimum atomic E-state index is 0.0954. The SMILES string of the molecule is CCN(Cc1ccc(N)cc1)C(=O)c1cscc1C. The highest BCUT2D eigenvalue weighted by Crippen LogP contribution is 2.17. The Kier molecular flexibility index (Phi) is 4.22. The quantitative estimate of drug-likeness (QED) is 0.869. The normalized spacial score (nSPS) is 10.4. The predicted octanol–water partition coefficient (Wildman–Crippen LogP) is 3.30. The summed E-state index contributed by atoms with van der Waals surface area (Å²) in [7, 11) is 0. The molecule has 0 radical (unpaired) electrons. The number of carbonyl (C=O) groups excluding carboxylic acids is 1. The third-order valence-corrected chi connectivity index (χ3v) is 3.97. The van der Waals surface area contributed by atoms with Gasteiger partial charge in [0.2, 0.25) is 0 Å². The first kappa shape index (κ1) is 13.6. The number of nitrogen functional groups attached to an aromatic ring is 1. The Morgan fingerprint density at radius 2 is 1.95 bits per heavy atom. The maximum absolute atomic E-state index is 12.4. The van der Waals surface area contributed by atoms with Gasteiger partial charge in [0.1, 0.15) is 0 Å². The second-order valence-electron chi connectivity index (χ2n) is 4.53. The van der Waals surface area contributed by atoms with Crippen molar-refractivity contribution in [3.05, 3.63) is 51.7 Å². The zero-order valence-electron chi connectivity index (χ0n) is 11.2. The van der Waals surface area contributed by atoms with E-state index in [1.165, 1.54) is 0 Å². The molecule has 1 heterocycles. The molecule has 19 heavy (non-hydrogen) atoms. The molecule has 0 aliphatic carbocycles. The smallest absolute Gasteiger partial charge is 0.255 e. The predicted molar refractivity (Wildman–Crippen MR) is 80.3 cm³/mol. The summed E-state index contributed by atoms with van der Waals surface area (Å²) in [6.45, 7) is 5.28. The molecule has 2 aromatic rings. The lowest BCUT2D eigenvalue weighted by Gasteiger charge is -2.21. The number of nitrogens with zero attached hydrogens (tertiary/aromatic N) is 1. The fourth-order valence-electron chi connectivity index (χ4n) is 1.92. The Morgan fingerprint density at radius 3 is 2.47 bits per heavy atom. The zero-order chi connectivity index (χ0) is 13.8. The molecule has 3 nitrogen and oxygen atoms in total. The van der Waals surface area contributed by atoms with Gasteiger partial charge in [-0.25, -0.2) is 0 Å². The summed E-state index contributed by atoms with van der Waals surface area (Å²) in [5.41, 5.74) is 9.36. The Morgan fingerprint density at radius 1 is 1.26 bits per heavy atom. The van der Waals surface area contributed by atoms with Crippen molar-refractivity contribution in [3.8, 4) is 0 Å². The van der Waals surface area contributed by atoms with E-state index in [4.69, 9.17) is 5.73 Å². The van der Waals surface area contributed by atoms with Gasteiger partial charge in [-0.05, 0) is 42.5 Å². The van der Waals surface area contributed by atoms with E-state index in [1.54, 1.807) is 11.3 Å². The summed E-state index contributed by atoms with van der Waals surface area (Å²) in [6.07, 6.45) is 0. The van der Waals surface area contributed by atoms with Crippen LogP contribution in [0, 0.1) is 6.92 Å². The summed E-state index contributed by atoms with van der Waals surface area (Å²) in [4.78, 5) is 14.3. The van der Waals surface area contributed by atoms with Gasteiger partial charge < -0.3 is 10.6 Å². The highest BCUT2D eigenvalue weighted by Gasteiger charge is 2.17. The maximum atomic E-state index is 12.4. The Balaban J connectivity index is 2.14. The molecule has 2 N–H and O–H groups in total. The molecule has 0 saturated heterocycles. The van der Waals surface area contributed by atoms with Crippen LogP contribution in [0.25, 0.3) is 0 Å². The van der Waals surface area contributed by atoms with Crippen molar-refractivity contribution in [2.45, 2.75) is 20.4 Å². The van der Waals surface area contributed by atoms with Crippen molar-refractivity contribution >= 4 is 22.9 Å². The van der Waals surface area contributed by atoms with Gasteiger partial charge in [0.25, 0.3) is 5.91 Å². The second-order valence-corrected chi connectivity index (χ2v) is 5.27. The lowest BCUT2D eigenvalue weighted by atomic mass is 10.1. The third kappa shape index (κ3) is 3.15. The number of hydrogen-bond acceptors (Lipinski definition) is 3. The molecule has 100 valence electrons.